The molecule has 2 rings (SSSR count). The first kappa shape index (κ1) is 14.5. The third-order valence-electron chi connectivity index (χ3n) is 2.77. The molecule has 0 aliphatic carbocycles. The van der Waals surface area contributed by atoms with Crippen LogP contribution in [0.25, 0.3) is 0 Å². The van der Waals surface area contributed by atoms with Crippen LogP contribution in [0.2, 0.25) is 5.02 Å². The fraction of sp³-hybridized carbons (Fsp3) is 0.176. The lowest BCUT2D eigenvalue weighted by Gasteiger charge is -2.08. The number of halogens is 1. The van der Waals surface area contributed by atoms with Crippen LogP contribution in [0.3, 0.4) is 0 Å². The van der Waals surface area contributed by atoms with Crippen LogP contribution in [0.15, 0.2) is 42.5 Å². The van der Waals surface area contributed by atoms with Gasteiger partial charge in [0.2, 0.25) is 0 Å². The molecule has 0 heterocycles. The van der Waals surface area contributed by atoms with Gasteiger partial charge in [0, 0.05) is 16.1 Å². The highest BCUT2D eigenvalue weighted by Gasteiger charge is 2.01. The second-order valence-corrected chi connectivity index (χ2v) is 4.78. The number of ether oxygens (including phenoxy) is 1. The highest BCUT2D eigenvalue weighted by molar-refractivity contribution is 6.31. The van der Waals surface area contributed by atoms with Gasteiger partial charge in [-0.3, -0.25) is 0 Å². The number of aliphatic hydroxyl groups is 1. The van der Waals surface area contributed by atoms with Crippen LogP contribution in [0.5, 0.6) is 5.75 Å². The van der Waals surface area contributed by atoms with Gasteiger partial charge in [0.1, 0.15) is 19.0 Å². The summed E-state index contributed by atoms with van der Waals surface area (Å²) in [6.07, 6.45) is 0. The van der Waals surface area contributed by atoms with E-state index in [9.17, 15) is 0 Å². The summed E-state index contributed by atoms with van der Waals surface area (Å²) in [6, 6.07) is 13.3. The van der Waals surface area contributed by atoms with Crippen molar-refractivity contribution in [1.29, 1.82) is 0 Å². The summed E-state index contributed by atoms with van der Waals surface area (Å²) in [7, 11) is 0. The van der Waals surface area contributed by atoms with Crippen molar-refractivity contribution in [3.63, 3.8) is 0 Å². The van der Waals surface area contributed by atoms with Crippen molar-refractivity contribution in [2.45, 2.75) is 13.5 Å². The molecule has 2 aromatic rings. The van der Waals surface area contributed by atoms with E-state index < -0.39 is 0 Å². The van der Waals surface area contributed by atoms with E-state index in [1.54, 1.807) is 0 Å². The summed E-state index contributed by atoms with van der Waals surface area (Å²) in [5, 5.41) is 9.35. The van der Waals surface area contributed by atoms with Crippen molar-refractivity contribution in [2.75, 3.05) is 6.61 Å². The van der Waals surface area contributed by atoms with Crippen LogP contribution >= 0.6 is 11.6 Å². The molecular weight excluding hydrogens is 272 g/mol. The average Bonchev–Trinajstić information content (AvgIpc) is 2.45. The Bertz CT molecular complexity index is 636. The maximum atomic E-state index is 8.63. The zero-order valence-corrected chi connectivity index (χ0v) is 11.9. The third kappa shape index (κ3) is 4.03. The van der Waals surface area contributed by atoms with Gasteiger partial charge < -0.3 is 9.84 Å². The standard InChI is InChI=1S/C17H15ClO2/c1-13-4-7-15(17(18)11-13)12-20-16-8-5-14(6-9-16)3-2-10-19/h4-9,11,19H,10,12H2,1H3. The molecule has 20 heavy (non-hydrogen) atoms. The summed E-state index contributed by atoms with van der Waals surface area (Å²) < 4.78 is 5.69. The number of hydrogen-bond donors (Lipinski definition) is 1. The SMILES string of the molecule is Cc1ccc(COc2ccc(C#CCO)cc2)c(Cl)c1. The second-order valence-electron chi connectivity index (χ2n) is 4.37. The Labute approximate surface area is 124 Å². The summed E-state index contributed by atoms with van der Waals surface area (Å²) in [6.45, 7) is 2.30. The molecule has 0 aromatic heterocycles. The molecule has 0 aliphatic heterocycles. The number of benzene rings is 2. The van der Waals surface area contributed by atoms with E-state index in [0.717, 1.165) is 27.5 Å². The highest BCUT2D eigenvalue weighted by Crippen LogP contribution is 2.20. The molecular formula is C17H15ClO2. The van der Waals surface area contributed by atoms with E-state index in [4.69, 9.17) is 21.4 Å². The van der Waals surface area contributed by atoms with Crippen LogP contribution in [0.4, 0.5) is 0 Å². The Morgan fingerprint density at radius 1 is 1.15 bits per heavy atom. The minimum Gasteiger partial charge on any atom is -0.489 e. The minimum atomic E-state index is -0.135. The number of hydrogen-bond acceptors (Lipinski definition) is 2. The molecule has 102 valence electrons. The first-order valence-corrected chi connectivity index (χ1v) is 6.64. The monoisotopic (exact) mass is 286 g/mol. The largest absolute Gasteiger partial charge is 0.489 e. The smallest absolute Gasteiger partial charge is 0.119 e. The predicted molar refractivity (Wildman–Crippen MR) is 80.9 cm³/mol. The summed E-state index contributed by atoms with van der Waals surface area (Å²) in [5.74, 6) is 6.20. The Morgan fingerprint density at radius 2 is 1.90 bits per heavy atom. The molecule has 0 spiro atoms. The van der Waals surface area contributed by atoms with Crippen molar-refractivity contribution >= 4 is 11.6 Å². The van der Waals surface area contributed by atoms with Crippen LogP contribution < -0.4 is 4.74 Å². The van der Waals surface area contributed by atoms with E-state index in [1.807, 2.05) is 49.4 Å². The Hall–Kier alpha value is -1.95. The lowest BCUT2D eigenvalue weighted by molar-refractivity contribution is 0.306. The van der Waals surface area contributed by atoms with Crippen LogP contribution in [0, 0.1) is 18.8 Å². The van der Waals surface area contributed by atoms with Gasteiger partial charge in [0.15, 0.2) is 0 Å². The molecule has 0 saturated carbocycles. The third-order valence-corrected chi connectivity index (χ3v) is 3.12. The molecule has 0 aliphatic rings. The predicted octanol–water partition coefficient (Wildman–Crippen LogP) is 3.57. The van der Waals surface area contributed by atoms with E-state index >= 15 is 0 Å². The fourth-order valence-electron chi connectivity index (χ4n) is 1.71. The summed E-state index contributed by atoms with van der Waals surface area (Å²) >= 11 is 6.16. The van der Waals surface area contributed by atoms with Gasteiger partial charge >= 0.3 is 0 Å². The maximum absolute atomic E-state index is 8.63. The molecule has 3 heteroatoms. The van der Waals surface area contributed by atoms with Crippen molar-refractivity contribution in [3.8, 4) is 17.6 Å². The van der Waals surface area contributed by atoms with E-state index in [2.05, 4.69) is 11.8 Å². The van der Waals surface area contributed by atoms with Gasteiger partial charge in [-0.2, -0.15) is 0 Å². The van der Waals surface area contributed by atoms with E-state index in [0.29, 0.717) is 6.61 Å². The Balaban J connectivity index is 2.00. The molecule has 0 bridgehead atoms. The highest BCUT2D eigenvalue weighted by atomic mass is 35.5. The molecule has 1 N–H and O–H groups in total. The number of rotatable bonds is 3. The minimum absolute atomic E-state index is 0.135. The fourth-order valence-corrected chi connectivity index (χ4v) is 2.00. The second kappa shape index (κ2) is 7.00. The lowest BCUT2D eigenvalue weighted by Crippen LogP contribution is -1.96. The van der Waals surface area contributed by atoms with E-state index in [-0.39, 0.29) is 6.61 Å². The van der Waals surface area contributed by atoms with Gasteiger partial charge in [-0.1, -0.05) is 35.6 Å². The topological polar surface area (TPSA) is 29.5 Å². The first-order chi connectivity index (χ1) is 9.69. The molecule has 0 unspecified atom stereocenters. The van der Waals surface area contributed by atoms with E-state index in [1.165, 1.54) is 0 Å². The maximum Gasteiger partial charge on any atom is 0.119 e. The van der Waals surface area contributed by atoms with Crippen LogP contribution in [-0.4, -0.2) is 11.7 Å². The molecule has 0 amide bonds. The van der Waals surface area contributed by atoms with Crippen molar-refractivity contribution in [1.82, 2.24) is 0 Å². The number of aryl methyl sites for hydroxylation is 1. The molecule has 2 aromatic carbocycles. The average molecular weight is 287 g/mol. The van der Waals surface area contributed by atoms with Gasteiger partial charge in [0.25, 0.3) is 0 Å². The molecule has 0 fully saturated rings. The van der Waals surface area contributed by atoms with Gasteiger partial charge in [-0.15, -0.1) is 0 Å². The quantitative estimate of drug-likeness (QED) is 0.874. The van der Waals surface area contributed by atoms with Crippen molar-refractivity contribution in [3.05, 3.63) is 64.2 Å². The van der Waals surface area contributed by atoms with Crippen LogP contribution in [-0.2, 0) is 6.61 Å². The Kier molecular flexibility index (Phi) is 5.06. The van der Waals surface area contributed by atoms with Gasteiger partial charge in [0.05, 0.1) is 0 Å². The lowest BCUT2D eigenvalue weighted by atomic mass is 10.1. The van der Waals surface area contributed by atoms with Gasteiger partial charge in [-0.05, 0) is 42.8 Å². The Morgan fingerprint density at radius 3 is 2.55 bits per heavy atom. The van der Waals surface area contributed by atoms with Gasteiger partial charge in [-0.25, -0.2) is 0 Å². The summed E-state index contributed by atoms with van der Waals surface area (Å²) in [5.41, 5.74) is 2.94. The molecule has 0 atom stereocenters. The normalized spacial score (nSPS) is 9.75. The summed E-state index contributed by atoms with van der Waals surface area (Å²) in [4.78, 5) is 0. The molecule has 0 saturated heterocycles. The van der Waals surface area contributed by atoms with Crippen molar-refractivity contribution in [2.24, 2.45) is 0 Å². The zero-order valence-electron chi connectivity index (χ0n) is 11.2. The van der Waals surface area contributed by atoms with Crippen LogP contribution in [0.1, 0.15) is 16.7 Å². The molecule has 0 radical (unpaired) electrons. The van der Waals surface area contributed by atoms with Crippen molar-refractivity contribution < 1.29 is 9.84 Å². The number of aliphatic hydroxyl groups excluding tert-OH is 1. The first-order valence-electron chi connectivity index (χ1n) is 6.26. The molecule has 2 nitrogen and oxygen atoms in total. The zero-order chi connectivity index (χ0) is 14.4.